The summed E-state index contributed by atoms with van der Waals surface area (Å²) >= 11 is 0. The van der Waals surface area contributed by atoms with Gasteiger partial charge in [-0.2, -0.15) is 5.21 Å². The molecule has 188 valence electrons. The van der Waals surface area contributed by atoms with Crippen LogP contribution in [0.1, 0.15) is 6.42 Å². The number of hydrogen-bond acceptors (Lipinski definition) is 11. The van der Waals surface area contributed by atoms with Gasteiger partial charge in [-0.05, 0) is 44.4 Å². The van der Waals surface area contributed by atoms with Crippen LogP contribution in [0, 0.1) is 0 Å². The largest absolute Gasteiger partial charge is 0.373 e. The molecule has 2 aromatic rings. The van der Waals surface area contributed by atoms with Crippen molar-refractivity contribution in [2.24, 2.45) is 5.14 Å². The Kier molecular flexibility index (Phi) is 6.67. The van der Waals surface area contributed by atoms with E-state index in [9.17, 15) is 16.8 Å². The Morgan fingerprint density at radius 2 is 2.03 bits per heavy atom. The normalized spacial score (nSPS) is 20.6. The number of anilines is 1. The highest BCUT2D eigenvalue weighted by molar-refractivity contribution is 7.92. The van der Waals surface area contributed by atoms with Crippen LogP contribution < -0.4 is 20.1 Å². The second kappa shape index (κ2) is 9.10. The number of aromatic nitrogens is 4. The number of primary sulfonamides is 1. The van der Waals surface area contributed by atoms with Crippen molar-refractivity contribution in [3.63, 3.8) is 0 Å². The molecule has 3 heterocycles. The number of nitrogens with one attached hydrogen (secondary N) is 3. The zero-order valence-electron chi connectivity index (χ0n) is 19.1. The molecule has 14 nitrogen and oxygen atoms in total. The van der Waals surface area contributed by atoms with Gasteiger partial charge < -0.3 is 19.9 Å². The van der Waals surface area contributed by atoms with Crippen molar-refractivity contribution in [1.29, 1.82) is 0 Å². The van der Waals surface area contributed by atoms with E-state index in [0.717, 1.165) is 0 Å². The molecule has 1 aromatic heterocycles. The third kappa shape index (κ3) is 4.79. The SMILES string of the molecule is COC1(CN(C)C)CN(c2ccc(S(=O)(=O)N[C@@H]3CCNC3)c(S(N)(=O)=O)c2-c2nn[nH]n2)C1. The Bertz CT molecular complexity index is 1240. The summed E-state index contributed by atoms with van der Waals surface area (Å²) in [7, 11) is -3.27. The highest BCUT2D eigenvalue weighted by atomic mass is 32.2. The number of nitrogens with two attached hydrogens (primary N) is 1. The van der Waals surface area contributed by atoms with Gasteiger partial charge in [0.25, 0.3) is 0 Å². The number of ether oxygens (including phenoxy) is 1. The van der Waals surface area contributed by atoms with Crippen LogP contribution in [-0.2, 0) is 24.8 Å². The lowest BCUT2D eigenvalue weighted by Crippen LogP contribution is -2.67. The molecule has 0 aliphatic carbocycles. The standard InChI is InChI=1S/C18H29N9O5S2/c1-26(2)9-18(32-3)10-27(11-18)13-4-5-14(34(30,31)23-12-6-7-20-8-12)16(33(19,28)29)15(13)17-21-24-25-22-17/h4-5,12,20,23H,6-11H2,1-3H3,(H2,19,28,29)(H,21,22,24,25)/t12-/m1/s1. The number of methoxy groups -OCH3 is 1. The van der Waals surface area contributed by atoms with Crippen LogP contribution in [0.15, 0.2) is 21.9 Å². The summed E-state index contributed by atoms with van der Waals surface area (Å²) in [4.78, 5) is 2.83. The maximum absolute atomic E-state index is 13.3. The van der Waals surface area contributed by atoms with Crippen LogP contribution in [-0.4, -0.2) is 108 Å². The Hall–Kier alpha value is -2.21. The van der Waals surface area contributed by atoms with Crippen molar-refractivity contribution in [1.82, 2.24) is 35.6 Å². The number of hydrogen-bond donors (Lipinski definition) is 4. The van der Waals surface area contributed by atoms with Gasteiger partial charge in [-0.1, -0.05) is 0 Å². The zero-order valence-corrected chi connectivity index (χ0v) is 20.8. The number of sulfonamides is 2. The van der Waals surface area contributed by atoms with E-state index < -0.39 is 35.4 Å². The quantitative estimate of drug-likeness (QED) is 0.287. The molecule has 2 fully saturated rings. The molecule has 34 heavy (non-hydrogen) atoms. The molecule has 0 spiro atoms. The minimum absolute atomic E-state index is 0.0294. The van der Waals surface area contributed by atoms with E-state index in [4.69, 9.17) is 9.88 Å². The van der Waals surface area contributed by atoms with Crippen LogP contribution in [0.5, 0.6) is 0 Å². The summed E-state index contributed by atoms with van der Waals surface area (Å²) in [6, 6.07) is 2.43. The third-order valence-electron chi connectivity index (χ3n) is 5.96. The average Bonchev–Trinajstić information content (AvgIpc) is 3.42. The number of aromatic amines is 1. The molecule has 1 aromatic carbocycles. The maximum Gasteiger partial charge on any atom is 0.242 e. The van der Waals surface area contributed by atoms with Crippen LogP contribution in [0.25, 0.3) is 11.4 Å². The van der Waals surface area contributed by atoms with Crippen molar-refractivity contribution in [2.45, 2.75) is 27.9 Å². The molecule has 5 N–H and O–H groups in total. The number of likely N-dealkylation sites (N-methyl/N-ethyl adjacent to an activating group) is 1. The lowest BCUT2D eigenvalue weighted by molar-refractivity contribution is -0.0487. The highest BCUT2D eigenvalue weighted by Crippen LogP contribution is 2.42. The van der Waals surface area contributed by atoms with Gasteiger partial charge in [0.15, 0.2) is 0 Å². The van der Waals surface area contributed by atoms with Gasteiger partial charge in [-0.3, -0.25) is 0 Å². The number of tetrazole rings is 1. The number of H-pyrrole nitrogens is 1. The fraction of sp³-hybridized carbons (Fsp3) is 0.611. The summed E-state index contributed by atoms with van der Waals surface area (Å²) < 4.78 is 60.4. The first-order chi connectivity index (χ1) is 16.0. The topological polar surface area (TPSA) is 189 Å². The lowest BCUT2D eigenvalue weighted by Gasteiger charge is -2.51. The Morgan fingerprint density at radius 3 is 2.56 bits per heavy atom. The van der Waals surface area contributed by atoms with Crippen LogP contribution in [0.4, 0.5) is 5.69 Å². The molecule has 0 amide bonds. The maximum atomic E-state index is 13.3. The average molecular weight is 516 g/mol. The summed E-state index contributed by atoms with van der Waals surface area (Å²) in [6.45, 7) is 2.62. The lowest BCUT2D eigenvalue weighted by atomic mass is 9.91. The van der Waals surface area contributed by atoms with Gasteiger partial charge in [0.1, 0.15) is 15.4 Å². The van der Waals surface area contributed by atoms with Crippen molar-refractivity contribution >= 4 is 25.7 Å². The van der Waals surface area contributed by atoms with Crippen LogP contribution in [0.3, 0.4) is 0 Å². The number of rotatable bonds is 9. The first-order valence-electron chi connectivity index (χ1n) is 10.6. The van der Waals surface area contributed by atoms with Crippen molar-refractivity contribution < 1.29 is 21.6 Å². The van der Waals surface area contributed by atoms with Gasteiger partial charge in [0.2, 0.25) is 25.9 Å². The van der Waals surface area contributed by atoms with Crippen molar-refractivity contribution in [3.8, 4) is 11.4 Å². The molecule has 0 unspecified atom stereocenters. The van der Waals surface area contributed by atoms with Gasteiger partial charge in [0, 0.05) is 31.9 Å². The minimum atomic E-state index is -4.52. The monoisotopic (exact) mass is 515 g/mol. The van der Waals surface area contributed by atoms with E-state index in [1.165, 1.54) is 12.1 Å². The highest BCUT2D eigenvalue weighted by Gasteiger charge is 2.46. The molecule has 2 saturated heterocycles. The van der Waals surface area contributed by atoms with Gasteiger partial charge in [-0.15, -0.1) is 10.2 Å². The molecule has 0 bridgehead atoms. The van der Waals surface area contributed by atoms with E-state index >= 15 is 0 Å². The number of benzene rings is 1. The zero-order chi connectivity index (χ0) is 24.7. The first-order valence-corrected chi connectivity index (χ1v) is 13.6. The second-order valence-corrected chi connectivity index (χ2v) is 12.0. The fourth-order valence-corrected chi connectivity index (χ4v) is 7.39. The predicted molar refractivity (Wildman–Crippen MR) is 123 cm³/mol. The minimum Gasteiger partial charge on any atom is -0.373 e. The van der Waals surface area contributed by atoms with E-state index in [0.29, 0.717) is 44.8 Å². The molecule has 1 atom stereocenters. The molecule has 16 heteroatoms. The summed E-state index contributed by atoms with van der Waals surface area (Å²) in [5.74, 6) is -0.0823. The van der Waals surface area contributed by atoms with E-state index in [2.05, 4.69) is 30.7 Å². The van der Waals surface area contributed by atoms with E-state index in [-0.39, 0.29) is 17.4 Å². The number of nitrogens with zero attached hydrogens (tertiary/aromatic N) is 5. The third-order valence-corrected chi connectivity index (χ3v) is 8.65. The molecule has 4 rings (SSSR count). The molecule has 2 aliphatic heterocycles. The summed E-state index contributed by atoms with van der Waals surface area (Å²) in [5, 5.41) is 22.3. The molecule has 0 saturated carbocycles. The van der Waals surface area contributed by atoms with Crippen molar-refractivity contribution in [2.75, 3.05) is 58.8 Å². The van der Waals surface area contributed by atoms with Gasteiger partial charge in [0.05, 0.1) is 18.7 Å². The Morgan fingerprint density at radius 1 is 1.29 bits per heavy atom. The summed E-state index contributed by atoms with van der Waals surface area (Å²) in [5.41, 5.74) is -0.0850. The van der Waals surface area contributed by atoms with Crippen molar-refractivity contribution in [3.05, 3.63) is 12.1 Å². The predicted octanol–water partition coefficient (Wildman–Crippen LogP) is -2.08. The molecule has 2 aliphatic rings. The van der Waals surface area contributed by atoms with Crippen LogP contribution >= 0.6 is 0 Å². The smallest absolute Gasteiger partial charge is 0.242 e. The van der Waals surface area contributed by atoms with E-state index in [1.807, 2.05) is 23.9 Å². The molecule has 0 radical (unpaired) electrons. The van der Waals surface area contributed by atoms with Crippen LogP contribution in [0.2, 0.25) is 0 Å². The second-order valence-electron chi connectivity index (χ2n) is 8.86. The molecular formula is C18H29N9O5S2. The Balaban J connectivity index is 1.84. The summed E-state index contributed by atoms with van der Waals surface area (Å²) in [6.07, 6.45) is 0.582. The fourth-order valence-electron chi connectivity index (χ4n) is 4.52. The Labute approximate surface area is 198 Å². The van der Waals surface area contributed by atoms with E-state index in [1.54, 1.807) is 7.11 Å². The first kappa shape index (κ1) is 24.9. The van der Waals surface area contributed by atoms with Gasteiger partial charge in [-0.25, -0.2) is 26.7 Å². The molecular weight excluding hydrogens is 486 g/mol. The van der Waals surface area contributed by atoms with Gasteiger partial charge >= 0.3 is 0 Å².